The molecular weight excluding hydrogens is 281 g/mol. The summed E-state index contributed by atoms with van der Waals surface area (Å²) in [5.74, 6) is 5.35. The van der Waals surface area contributed by atoms with Crippen LogP contribution in [0.25, 0.3) is 0 Å². The number of hydrazine groups is 1. The fourth-order valence-electron chi connectivity index (χ4n) is 1.89. The zero-order chi connectivity index (χ0) is 15.5. The fourth-order valence-corrected chi connectivity index (χ4v) is 1.89. The third-order valence-corrected chi connectivity index (χ3v) is 2.94. The standard InChI is InChI=1S/C14H15F3N4/c1-21(9-10-5-3-2-4-6-10)13-8-11(14(15,16)17)7-12(19-13)20-18/h2-8H,9,18H2,1H3,(H,19,20). The number of hydrogen-bond acceptors (Lipinski definition) is 4. The number of pyridine rings is 1. The number of hydrogen-bond donors (Lipinski definition) is 2. The van der Waals surface area contributed by atoms with Gasteiger partial charge in [0.25, 0.3) is 0 Å². The molecule has 0 unspecified atom stereocenters. The van der Waals surface area contributed by atoms with E-state index in [0.29, 0.717) is 6.54 Å². The Morgan fingerprint density at radius 2 is 1.86 bits per heavy atom. The van der Waals surface area contributed by atoms with Gasteiger partial charge in [-0.15, -0.1) is 0 Å². The number of nitrogens with zero attached hydrogens (tertiary/aromatic N) is 2. The minimum Gasteiger partial charge on any atom is -0.355 e. The first-order valence-corrected chi connectivity index (χ1v) is 6.21. The van der Waals surface area contributed by atoms with Gasteiger partial charge in [0.1, 0.15) is 11.6 Å². The quantitative estimate of drug-likeness (QED) is 0.672. The first-order valence-electron chi connectivity index (χ1n) is 6.21. The predicted molar refractivity (Wildman–Crippen MR) is 75.6 cm³/mol. The summed E-state index contributed by atoms with van der Waals surface area (Å²) in [4.78, 5) is 5.68. The van der Waals surface area contributed by atoms with Gasteiger partial charge < -0.3 is 10.3 Å². The molecule has 0 atom stereocenters. The van der Waals surface area contributed by atoms with Crippen LogP contribution < -0.4 is 16.2 Å². The van der Waals surface area contributed by atoms with Crippen molar-refractivity contribution >= 4 is 11.6 Å². The van der Waals surface area contributed by atoms with Crippen LogP contribution in [0.5, 0.6) is 0 Å². The summed E-state index contributed by atoms with van der Waals surface area (Å²) >= 11 is 0. The molecule has 4 nitrogen and oxygen atoms in total. The van der Waals surface area contributed by atoms with E-state index in [-0.39, 0.29) is 11.6 Å². The molecular formula is C14H15F3N4. The van der Waals surface area contributed by atoms with Crippen molar-refractivity contribution in [3.8, 4) is 0 Å². The molecule has 0 saturated heterocycles. The summed E-state index contributed by atoms with van der Waals surface area (Å²) < 4.78 is 38.6. The number of nitrogen functional groups attached to an aromatic ring is 1. The lowest BCUT2D eigenvalue weighted by molar-refractivity contribution is -0.137. The Morgan fingerprint density at radius 1 is 1.19 bits per heavy atom. The Bertz CT molecular complexity index is 599. The number of anilines is 2. The maximum absolute atomic E-state index is 12.9. The lowest BCUT2D eigenvalue weighted by Crippen LogP contribution is -2.20. The van der Waals surface area contributed by atoms with E-state index >= 15 is 0 Å². The summed E-state index contributed by atoms with van der Waals surface area (Å²) in [6.07, 6.45) is -4.45. The second-order valence-corrected chi connectivity index (χ2v) is 4.58. The number of halogens is 3. The second-order valence-electron chi connectivity index (χ2n) is 4.58. The van der Waals surface area contributed by atoms with Crippen molar-refractivity contribution in [2.45, 2.75) is 12.7 Å². The molecule has 0 radical (unpaired) electrons. The zero-order valence-electron chi connectivity index (χ0n) is 11.4. The zero-order valence-corrected chi connectivity index (χ0v) is 11.4. The van der Waals surface area contributed by atoms with Gasteiger partial charge in [-0.3, -0.25) is 0 Å². The first-order chi connectivity index (χ1) is 9.90. The van der Waals surface area contributed by atoms with Crippen LogP contribution >= 0.6 is 0 Å². The van der Waals surface area contributed by atoms with Gasteiger partial charge in [0, 0.05) is 13.6 Å². The maximum Gasteiger partial charge on any atom is 0.416 e. The van der Waals surface area contributed by atoms with Gasteiger partial charge in [-0.25, -0.2) is 10.8 Å². The van der Waals surface area contributed by atoms with Crippen molar-refractivity contribution in [2.75, 3.05) is 17.4 Å². The molecule has 2 rings (SSSR count). The van der Waals surface area contributed by atoms with Gasteiger partial charge in [-0.2, -0.15) is 13.2 Å². The van der Waals surface area contributed by atoms with E-state index in [1.807, 2.05) is 30.3 Å². The van der Waals surface area contributed by atoms with Crippen LogP contribution in [-0.2, 0) is 12.7 Å². The topological polar surface area (TPSA) is 54.2 Å². The maximum atomic E-state index is 12.9. The van der Waals surface area contributed by atoms with E-state index in [2.05, 4.69) is 10.4 Å². The summed E-state index contributed by atoms with van der Waals surface area (Å²) in [6.45, 7) is 0.444. The summed E-state index contributed by atoms with van der Waals surface area (Å²) in [7, 11) is 1.68. The molecule has 0 amide bonds. The summed E-state index contributed by atoms with van der Waals surface area (Å²) in [5, 5.41) is 0. The summed E-state index contributed by atoms with van der Waals surface area (Å²) in [6, 6.07) is 11.3. The van der Waals surface area contributed by atoms with Crippen molar-refractivity contribution in [2.24, 2.45) is 5.84 Å². The molecule has 3 N–H and O–H groups in total. The Morgan fingerprint density at radius 3 is 2.43 bits per heavy atom. The number of alkyl halides is 3. The van der Waals surface area contributed by atoms with Crippen molar-refractivity contribution in [3.63, 3.8) is 0 Å². The Kier molecular flexibility index (Phi) is 4.32. The third kappa shape index (κ3) is 3.85. The molecule has 0 aliphatic heterocycles. The Labute approximate surface area is 120 Å². The van der Waals surface area contributed by atoms with Gasteiger partial charge in [0.05, 0.1) is 5.56 Å². The smallest absolute Gasteiger partial charge is 0.355 e. The molecule has 1 heterocycles. The largest absolute Gasteiger partial charge is 0.416 e. The molecule has 0 aliphatic rings. The van der Waals surface area contributed by atoms with Crippen molar-refractivity contribution < 1.29 is 13.2 Å². The average molecular weight is 296 g/mol. The van der Waals surface area contributed by atoms with Gasteiger partial charge in [-0.1, -0.05) is 30.3 Å². The lowest BCUT2D eigenvalue weighted by Gasteiger charge is -2.20. The van der Waals surface area contributed by atoms with E-state index in [0.717, 1.165) is 17.7 Å². The van der Waals surface area contributed by atoms with Crippen LogP contribution in [-0.4, -0.2) is 12.0 Å². The SMILES string of the molecule is CN(Cc1ccccc1)c1cc(C(F)(F)F)cc(NN)n1. The van der Waals surface area contributed by atoms with E-state index in [9.17, 15) is 13.2 Å². The highest BCUT2D eigenvalue weighted by Crippen LogP contribution is 2.32. The minimum absolute atomic E-state index is 0.0280. The van der Waals surface area contributed by atoms with Crippen LogP contribution in [0.1, 0.15) is 11.1 Å². The van der Waals surface area contributed by atoms with Crippen molar-refractivity contribution in [1.82, 2.24) is 4.98 Å². The molecule has 21 heavy (non-hydrogen) atoms. The number of nitrogens with one attached hydrogen (secondary N) is 1. The minimum atomic E-state index is -4.45. The molecule has 2 aromatic rings. The lowest BCUT2D eigenvalue weighted by atomic mass is 10.2. The number of benzene rings is 1. The molecule has 0 spiro atoms. The van der Waals surface area contributed by atoms with Crippen LogP contribution in [0.3, 0.4) is 0 Å². The molecule has 7 heteroatoms. The van der Waals surface area contributed by atoms with Crippen LogP contribution in [0.15, 0.2) is 42.5 Å². The molecule has 0 aliphatic carbocycles. The van der Waals surface area contributed by atoms with Gasteiger partial charge in [0.15, 0.2) is 0 Å². The predicted octanol–water partition coefficient (Wildman–Crippen LogP) is 3.02. The number of nitrogens with two attached hydrogens (primary N) is 1. The Balaban J connectivity index is 2.30. The molecule has 112 valence electrons. The molecule has 1 aromatic carbocycles. The van der Waals surface area contributed by atoms with Crippen molar-refractivity contribution in [3.05, 3.63) is 53.6 Å². The third-order valence-electron chi connectivity index (χ3n) is 2.94. The first kappa shape index (κ1) is 15.1. The summed E-state index contributed by atoms with van der Waals surface area (Å²) in [5.41, 5.74) is 2.34. The number of aromatic nitrogens is 1. The number of rotatable bonds is 4. The normalized spacial score (nSPS) is 11.3. The van der Waals surface area contributed by atoms with E-state index < -0.39 is 11.7 Å². The molecule has 1 aromatic heterocycles. The van der Waals surface area contributed by atoms with E-state index in [4.69, 9.17) is 5.84 Å². The van der Waals surface area contributed by atoms with Crippen molar-refractivity contribution in [1.29, 1.82) is 0 Å². The van der Waals surface area contributed by atoms with Crippen LogP contribution in [0.4, 0.5) is 24.8 Å². The highest BCUT2D eigenvalue weighted by atomic mass is 19.4. The monoisotopic (exact) mass is 296 g/mol. The van der Waals surface area contributed by atoms with E-state index in [1.54, 1.807) is 11.9 Å². The van der Waals surface area contributed by atoms with Gasteiger partial charge in [-0.05, 0) is 17.7 Å². The van der Waals surface area contributed by atoms with Gasteiger partial charge in [0.2, 0.25) is 0 Å². The highest BCUT2D eigenvalue weighted by Gasteiger charge is 2.32. The molecule has 0 bridgehead atoms. The fraction of sp³-hybridized carbons (Fsp3) is 0.214. The van der Waals surface area contributed by atoms with Gasteiger partial charge >= 0.3 is 6.18 Å². The average Bonchev–Trinajstić information content (AvgIpc) is 2.46. The second kappa shape index (κ2) is 6.01. The van der Waals surface area contributed by atoms with Crippen LogP contribution in [0, 0.1) is 0 Å². The Hall–Kier alpha value is -2.28. The molecule has 0 saturated carbocycles. The molecule has 0 fully saturated rings. The van der Waals surface area contributed by atoms with Crippen LogP contribution in [0.2, 0.25) is 0 Å². The highest BCUT2D eigenvalue weighted by molar-refractivity contribution is 5.50. The van der Waals surface area contributed by atoms with E-state index in [1.165, 1.54) is 0 Å².